The van der Waals surface area contributed by atoms with Crippen molar-refractivity contribution in [3.63, 3.8) is 0 Å². The third kappa shape index (κ3) is 3.24. The average Bonchev–Trinajstić information content (AvgIpc) is 2.86. The highest BCUT2D eigenvalue weighted by Gasteiger charge is 2.12. The minimum atomic E-state index is -0.388. The Hall–Kier alpha value is -1.71. The molecule has 8 heteroatoms. The molecule has 1 aromatic carbocycles. The summed E-state index contributed by atoms with van der Waals surface area (Å²) in [7, 11) is 0. The first-order valence-corrected chi connectivity index (χ1v) is 7.15. The van der Waals surface area contributed by atoms with E-state index in [1.54, 1.807) is 6.07 Å². The number of benzene rings is 1. The molecule has 2 aromatic rings. The Morgan fingerprint density at radius 1 is 1.55 bits per heavy atom. The second-order valence-electron chi connectivity index (χ2n) is 4.11. The van der Waals surface area contributed by atoms with Crippen molar-refractivity contribution in [2.45, 2.75) is 26.9 Å². The van der Waals surface area contributed by atoms with Crippen LogP contribution in [0.5, 0.6) is 0 Å². The van der Waals surface area contributed by atoms with Crippen molar-refractivity contribution in [2.75, 3.05) is 0 Å². The van der Waals surface area contributed by atoms with Crippen LogP contribution in [0.2, 0.25) is 0 Å². The van der Waals surface area contributed by atoms with Gasteiger partial charge in [-0.3, -0.25) is 0 Å². The third-order valence-corrected chi connectivity index (χ3v) is 3.75. The summed E-state index contributed by atoms with van der Waals surface area (Å²) in [6.45, 7) is 4.18. The van der Waals surface area contributed by atoms with E-state index in [1.165, 1.54) is 4.68 Å². The Morgan fingerprint density at radius 2 is 2.35 bits per heavy atom. The summed E-state index contributed by atoms with van der Waals surface area (Å²) < 4.78 is 2.18. The predicted octanol–water partition coefficient (Wildman–Crippen LogP) is 1.86. The maximum Gasteiger partial charge on any atom is 0.365 e. The standard InChI is InChI=1S/C12H14IN5O2/c1-3-8(2)15-20-7-9-10(13)5-4-6-11(9)18-12(19)14-16-17-18/h4-6H,3,7H2,1-2H3,(H,14,17,19). The van der Waals surface area contributed by atoms with Crippen molar-refractivity contribution in [3.8, 4) is 5.69 Å². The zero-order valence-electron chi connectivity index (χ0n) is 11.1. The zero-order valence-corrected chi connectivity index (χ0v) is 13.3. The van der Waals surface area contributed by atoms with Crippen molar-refractivity contribution in [1.82, 2.24) is 20.2 Å². The van der Waals surface area contributed by atoms with Crippen molar-refractivity contribution in [2.24, 2.45) is 5.16 Å². The largest absolute Gasteiger partial charge is 0.391 e. The highest BCUT2D eigenvalue weighted by atomic mass is 127. The molecular weight excluding hydrogens is 373 g/mol. The lowest BCUT2D eigenvalue weighted by Crippen LogP contribution is -2.18. The van der Waals surface area contributed by atoms with Crippen LogP contribution in [0.25, 0.3) is 5.69 Å². The third-order valence-electron chi connectivity index (χ3n) is 2.74. The Bertz CT molecular complexity index is 676. The van der Waals surface area contributed by atoms with E-state index in [2.05, 4.69) is 43.3 Å². The van der Waals surface area contributed by atoms with E-state index in [0.717, 1.165) is 21.3 Å². The normalized spacial score (nSPS) is 11.7. The van der Waals surface area contributed by atoms with Crippen LogP contribution in [0.3, 0.4) is 0 Å². The van der Waals surface area contributed by atoms with E-state index in [-0.39, 0.29) is 12.3 Å². The summed E-state index contributed by atoms with van der Waals surface area (Å²) in [4.78, 5) is 17.0. The van der Waals surface area contributed by atoms with Crippen LogP contribution in [0.1, 0.15) is 25.8 Å². The molecule has 0 fully saturated rings. The molecule has 0 atom stereocenters. The van der Waals surface area contributed by atoms with Gasteiger partial charge in [0.25, 0.3) is 0 Å². The number of tetrazole rings is 1. The Labute approximate surface area is 129 Å². The first kappa shape index (κ1) is 14.7. The van der Waals surface area contributed by atoms with Gasteiger partial charge in [0, 0.05) is 9.13 Å². The molecule has 0 spiro atoms. The van der Waals surface area contributed by atoms with Crippen LogP contribution >= 0.6 is 22.6 Å². The molecule has 0 aliphatic rings. The van der Waals surface area contributed by atoms with Gasteiger partial charge in [-0.05, 0) is 58.5 Å². The molecule has 0 bridgehead atoms. The van der Waals surface area contributed by atoms with Gasteiger partial charge in [-0.1, -0.05) is 18.1 Å². The van der Waals surface area contributed by atoms with E-state index >= 15 is 0 Å². The van der Waals surface area contributed by atoms with Gasteiger partial charge in [0.2, 0.25) is 0 Å². The number of aromatic amines is 1. The van der Waals surface area contributed by atoms with Gasteiger partial charge in [-0.15, -0.1) is 0 Å². The summed E-state index contributed by atoms with van der Waals surface area (Å²) in [5.74, 6) is 0. The quantitative estimate of drug-likeness (QED) is 0.482. The monoisotopic (exact) mass is 387 g/mol. The first-order valence-electron chi connectivity index (χ1n) is 6.07. The van der Waals surface area contributed by atoms with Gasteiger partial charge in [-0.25, -0.2) is 9.89 Å². The molecule has 2 rings (SSSR count). The molecule has 7 nitrogen and oxygen atoms in total. The van der Waals surface area contributed by atoms with Crippen LogP contribution in [0, 0.1) is 3.57 Å². The maximum absolute atomic E-state index is 11.6. The van der Waals surface area contributed by atoms with Crippen LogP contribution in [-0.2, 0) is 11.4 Å². The molecule has 0 radical (unpaired) electrons. The number of nitrogens with zero attached hydrogens (tertiary/aromatic N) is 4. The van der Waals surface area contributed by atoms with E-state index < -0.39 is 0 Å². The second-order valence-corrected chi connectivity index (χ2v) is 5.27. The summed E-state index contributed by atoms with van der Waals surface area (Å²) >= 11 is 2.19. The number of hydrogen-bond acceptors (Lipinski definition) is 5. The minimum Gasteiger partial charge on any atom is -0.391 e. The molecule has 0 aliphatic heterocycles. The lowest BCUT2D eigenvalue weighted by molar-refractivity contribution is 0.129. The van der Waals surface area contributed by atoms with Gasteiger partial charge in [0.15, 0.2) is 0 Å². The Kier molecular flexibility index (Phi) is 4.88. The number of rotatable bonds is 5. The van der Waals surface area contributed by atoms with E-state index in [9.17, 15) is 4.79 Å². The lowest BCUT2D eigenvalue weighted by Gasteiger charge is -2.09. The fraction of sp³-hybridized carbons (Fsp3) is 0.333. The van der Waals surface area contributed by atoms with E-state index in [1.807, 2.05) is 26.0 Å². The molecule has 0 unspecified atom stereocenters. The summed E-state index contributed by atoms with van der Waals surface area (Å²) in [5, 5.41) is 13.5. The molecule has 1 heterocycles. The summed E-state index contributed by atoms with van der Waals surface area (Å²) in [6.07, 6.45) is 0.835. The fourth-order valence-corrected chi connectivity index (χ4v) is 2.16. The van der Waals surface area contributed by atoms with Crippen LogP contribution < -0.4 is 5.69 Å². The molecule has 106 valence electrons. The number of H-pyrrole nitrogens is 1. The topological polar surface area (TPSA) is 85.2 Å². The second kappa shape index (κ2) is 6.64. The highest BCUT2D eigenvalue weighted by Crippen LogP contribution is 2.20. The molecule has 1 N–H and O–H groups in total. The molecule has 0 amide bonds. The molecule has 20 heavy (non-hydrogen) atoms. The fourth-order valence-electron chi connectivity index (χ4n) is 1.52. The molecule has 0 aliphatic carbocycles. The van der Waals surface area contributed by atoms with Crippen molar-refractivity contribution < 1.29 is 4.84 Å². The Balaban J connectivity index is 2.33. The predicted molar refractivity (Wildman–Crippen MR) is 82.9 cm³/mol. The lowest BCUT2D eigenvalue weighted by atomic mass is 10.2. The molecule has 1 aromatic heterocycles. The first-order chi connectivity index (χ1) is 9.63. The van der Waals surface area contributed by atoms with Gasteiger partial charge in [-0.2, -0.15) is 4.68 Å². The SMILES string of the molecule is CCC(C)=NOCc1c(I)cccc1-n1nn[nH]c1=O. The number of nitrogens with one attached hydrogen (secondary N) is 1. The van der Waals surface area contributed by atoms with Crippen molar-refractivity contribution >= 4 is 28.3 Å². The maximum atomic E-state index is 11.6. The summed E-state index contributed by atoms with van der Waals surface area (Å²) in [6, 6.07) is 5.58. The van der Waals surface area contributed by atoms with Crippen molar-refractivity contribution in [3.05, 3.63) is 37.8 Å². The number of hydrogen-bond donors (Lipinski definition) is 1. The molecule has 0 saturated heterocycles. The van der Waals surface area contributed by atoms with Gasteiger partial charge < -0.3 is 4.84 Å². The molecular formula is C12H14IN5O2. The van der Waals surface area contributed by atoms with Crippen LogP contribution in [-0.4, -0.2) is 25.9 Å². The van der Waals surface area contributed by atoms with Gasteiger partial charge in [0.1, 0.15) is 6.61 Å². The smallest absolute Gasteiger partial charge is 0.365 e. The average molecular weight is 387 g/mol. The minimum absolute atomic E-state index is 0.269. The number of oxime groups is 1. The highest BCUT2D eigenvalue weighted by molar-refractivity contribution is 14.1. The van der Waals surface area contributed by atoms with Crippen LogP contribution in [0.15, 0.2) is 28.1 Å². The van der Waals surface area contributed by atoms with Gasteiger partial charge in [0.05, 0.1) is 11.4 Å². The summed E-state index contributed by atoms with van der Waals surface area (Å²) in [5.41, 5.74) is 2.01. The van der Waals surface area contributed by atoms with Crippen molar-refractivity contribution in [1.29, 1.82) is 0 Å². The number of aromatic nitrogens is 4. The van der Waals surface area contributed by atoms with E-state index in [4.69, 9.17) is 4.84 Å². The Morgan fingerprint density at radius 3 is 3.00 bits per heavy atom. The zero-order chi connectivity index (χ0) is 14.5. The van der Waals surface area contributed by atoms with Gasteiger partial charge >= 0.3 is 5.69 Å². The van der Waals surface area contributed by atoms with Crippen LogP contribution in [0.4, 0.5) is 0 Å². The molecule has 0 saturated carbocycles. The number of halogens is 1. The van der Waals surface area contributed by atoms with E-state index in [0.29, 0.717) is 5.69 Å².